The summed E-state index contributed by atoms with van der Waals surface area (Å²) in [5.74, 6) is 0.932. The summed E-state index contributed by atoms with van der Waals surface area (Å²) < 4.78 is 8.67. The Bertz CT molecular complexity index is 966. The van der Waals surface area contributed by atoms with Gasteiger partial charge in [-0.15, -0.1) is 0 Å². The Labute approximate surface area is 188 Å². The van der Waals surface area contributed by atoms with Gasteiger partial charge in [-0.25, -0.2) is 4.98 Å². The van der Waals surface area contributed by atoms with Crippen LogP contribution in [-0.2, 0) is 0 Å². The first-order chi connectivity index (χ1) is 15.0. The van der Waals surface area contributed by atoms with Crippen molar-refractivity contribution in [1.29, 1.82) is 0 Å². The zero-order valence-electron chi connectivity index (χ0n) is 20.2. The van der Waals surface area contributed by atoms with E-state index in [0.29, 0.717) is 0 Å². The van der Waals surface area contributed by atoms with Crippen LogP contribution in [0.25, 0.3) is 16.9 Å². The summed E-state index contributed by atoms with van der Waals surface area (Å²) in [5.41, 5.74) is 6.83. The highest BCUT2D eigenvalue weighted by Gasteiger charge is 2.18. The first-order valence-electron chi connectivity index (χ1n) is 12.0. The number of nitrogens with zero attached hydrogens (tertiary/aromatic N) is 3. The summed E-state index contributed by atoms with van der Waals surface area (Å²) in [6, 6.07) is 12.8. The van der Waals surface area contributed by atoms with Crippen LogP contribution in [0.1, 0.15) is 69.8 Å². The van der Waals surface area contributed by atoms with Crippen molar-refractivity contribution in [3.63, 3.8) is 0 Å². The van der Waals surface area contributed by atoms with Gasteiger partial charge in [0.2, 0.25) is 0 Å². The molecule has 0 aliphatic rings. The molecule has 2 aromatic heterocycles. The van der Waals surface area contributed by atoms with Gasteiger partial charge in [-0.3, -0.25) is 4.90 Å². The molecule has 0 radical (unpaired) electrons. The van der Waals surface area contributed by atoms with Crippen molar-refractivity contribution in [3.05, 3.63) is 53.3 Å². The van der Waals surface area contributed by atoms with E-state index in [2.05, 4.69) is 87.2 Å². The third-order valence-corrected chi connectivity index (χ3v) is 6.03. The second-order valence-corrected chi connectivity index (χ2v) is 8.66. The lowest BCUT2D eigenvalue weighted by Gasteiger charge is -2.31. The van der Waals surface area contributed by atoms with Crippen molar-refractivity contribution in [3.8, 4) is 17.0 Å². The maximum Gasteiger partial charge on any atom is 0.152 e. The van der Waals surface area contributed by atoms with Crippen LogP contribution in [0.15, 0.2) is 36.4 Å². The Kier molecular flexibility index (Phi) is 8.14. The van der Waals surface area contributed by atoms with E-state index in [1.807, 2.05) is 0 Å². The minimum absolute atomic E-state index is 0.131. The predicted molar refractivity (Wildman–Crippen MR) is 131 cm³/mol. The summed E-state index contributed by atoms with van der Waals surface area (Å²) in [4.78, 5) is 7.43. The van der Waals surface area contributed by atoms with E-state index in [1.165, 1.54) is 42.6 Å². The summed E-state index contributed by atoms with van der Waals surface area (Å²) in [5, 5.41) is 0. The molecule has 3 aromatic rings. The van der Waals surface area contributed by atoms with Gasteiger partial charge in [0.05, 0.1) is 5.69 Å². The molecule has 1 unspecified atom stereocenters. The van der Waals surface area contributed by atoms with Crippen molar-refractivity contribution in [2.24, 2.45) is 0 Å². The summed E-state index contributed by atoms with van der Waals surface area (Å²) in [6.45, 7) is 15.3. The topological polar surface area (TPSA) is 29.8 Å². The second-order valence-electron chi connectivity index (χ2n) is 8.66. The molecule has 0 N–H and O–H groups in total. The van der Waals surface area contributed by atoms with Crippen molar-refractivity contribution in [1.82, 2.24) is 14.3 Å². The number of imidazole rings is 1. The molecule has 168 valence electrons. The largest absolute Gasteiger partial charge is 0.475 e. The first kappa shape index (κ1) is 23.3. The van der Waals surface area contributed by atoms with Gasteiger partial charge in [0.15, 0.2) is 6.23 Å². The molecule has 2 heterocycles. The Morgan fingerprint density at radius 3 is 2.16 bits per heavy atom. The molecule has 4 heteroatoms. The average Bonchev–Trinajstić information content (AvgIpc) is 3.09. The molecular formula is C27H39N3O. The summed E-state index contributed by atoms with van der Waals surface area (Å²) in [6.07, 6.45) is 5.98. The lowest BCUT2D eigenvalue weighted by atomic mass is 10.1. The fourth-order valence-electron chi connectivity index (χ4n) is 4.36. The number of fused-ring (bicyclic) bond motifs is 1. The molecule has 0 bridgehead atoms. The van der Waals surface area contributed by atoms with Crippen molar-refractivity contribution in [2.45, 2.75) is 79.9 Å². The molecule has 0 amide bonds. The Balaban J connectivity index is 1.80. The van der Waals surface area contributed by atoms with Gasteiger partial charge in [-0.1, -0.05) is 33.6 Å². The van der Waals surface area contributed by atoms with E-state index in [0.717, 1.165) is 42.2 Å². The number of hydrogen-bond acceptors (Lipinski definition) is 3. The normalized spacial score (nSPS) is 12.6. The highest BCUT2D eigenvalue weighted by molar-refractivity contribution is 5.67. The van der Waals surface area contributed by atoms with Crippen LogP contribution in [0.5, 0.6) is 5.75 Å². The standard InChI is InChI=1S/C27H39N3O/c1-7-10-16-29(17-11-8-2)26(9-3)31-24-14-12-23(13-15-24)27-22(6)30-21(5)18-20(4)19-25(30)28-27/h12-15,18-19,26H,7-11,16-17H2,1-6H3. The molecule has 31 heavy (non-hydrogen) atoms. The molecule has 0 saturated heterocycles. The van der Waals surface area contributed by atoms with Crippen LogP contribution in [-0.4, -0.2) is 33.6 Å². The van der Waals surface area contributed by atoms with Crippen LogP contribution in [0.4, 0.5) is 0 Å². The Morgan fingerprint density at radius 1 is 0.935 bits per heavy atom. The third-order valence-electron chi connectivity index (χ3n) is 6.03. The van der Waals surface area contributed by atoms with E-state index in [4.69, 9.17) is 9.72 Å². The number of rotatable bonds is 11. The van der Waals surface area contributed by atoms with Gasteiger partial charge >= 0.3 is 0 Å². The molecule has 0 fully saturated rings. The number of pyridine rings is 1. The van der Waals surface area contributed by atoms with Crippen LogP contribution in [0, 0.1) is 20.8 Å². The van der Waals surface area contributed by atoms with Gasteiger partial charge in [-0.05, 0) is 82.0 Å². The van der Waals surface area contributed by atoms with Gasteiger partial charge in [0, 0.05) is 30.0 Å². The monoisotopic (exact) mass is 421 g/mol. The number of benzene rings is 1. The number of hydrogen-bond donors (Lipinski definition) is 0. The van der Waals surface area contributed by atoms with Crippen LogP contribution in [0.3, 0.4) is 0 Å². The van der Waals surface area contributed by atoms with Crippen molar-refractivity contribution >= 4 is 5.65 Å². The van der Waals surface area contributed by atoms with Crippen molar-refractivity contribution in [2.75, 3.05) is 13.1 Å². The average molecular weight is 422 g/mol. The molecule has 0 aliphatic heterocycles. The van der Waals surface area contributed by atoms with Gasteiger partial charge in [-0.2, -0.15) is 0 Å². The fourth-order valence-corrected chi connectivity index (χ4v) is 4.36. The molecule has 1 atom stereocenters. The highest BCUT2D eigenvalue weighted by Crippen LogP contribution is 2.28. The molecule has 0 aliphatic carbocycles. The van der Waals surface area contributed by atoms with Gasteiger partial charge < -0.3 is 9.14 Å². The second kappa shape index (κ2) is 10.8. The Hall–Kier alpha value is -2.33. The maximum atomic E-state index is 6.44. The highest BCUT2D eigenvalue weighted by atomic mass is 16.5. The van der Waals surface area contributed by atoms with E-state index < -0.39 is 0 Å². The van der Waals surface area contributed by atoms with Gasteiger partial charge in [0.1, 0.15) is 11.4 Å². The summed E-state index contributed by atoms with van der Waals surface area (Å²) >= 11 is 0. The minimum Gasteiger partial charge on any atom is -0.475 e. The van der Waals surface area contributed by atoms with E-state index in [-0.39, 0.29) is 6.23 Å². The number of aromatic nitrogens is 2. The van der Waals surface area contributed by atoms with E-state index in [9.17, 15) is 0 Å². The minimum atomic E-state index is 0.131. The molecule has 3 rings (SSSR count). The lowest BCUT2D eigenvalue weighted by molar-refractivity contribution is 0.0202. The molecule has 0 spiro atoms. The number of unbranched alkanes of at least 4 members (excludes halogenated alkanes) is 2. The first-order valence-corrected chi connectivity index (χ1v) is 12.0. The SMILES string of the molecule is CCCCN(CCCC)C(CC)Oc1ccc(-c2nc3cc(C)cc(C)n3c2C)cc1. The van der Waals surface area contributed by atoms with Crippen LogP contribution in [0.2, 0.25) is 0 Å². The van der Waals surface area contributed by atoms with E-state index in [1.54, 1.807) is 0 Å². The third kappa shape index (κ3) is 5.48. The zero-order chi connectivity index (χ0) is 22.4. The quantitative estimate of drug-likeness (QED) is 0.314. The van der Waals surface area contributed by atoms with Gasteiger partial charge in [0.25, 0.3) is 0 Å². The predicted octanol–water partition coefficient (Wildman–Crippen LogP) is 6.94. The van der Waals surface area contributed by atoms with E-state index >= 15 is 0 Å². The maximum absolute atomic E-state index is 6.44. The smallest absolute Gasteiger partial charge is 0.152 e. The zero-order valence-corrected chi connectivity index (χ0v) is 20.2. The number of aryl methyl sites for hydroxylation is 3. The molecule has 4 nitrogen and oxygen atoms in total. The summed E-state index contributed by atoms with van der Waals surface area (Å²) in [7, 11) is 0. The van der Waals surface area contributed by atoms with Crippen molar-refractivity contribution < 1.29 is 4.74 Å². The van der Waals surface area contributed by atoms with Crippen LogP contribution < -0.4 is 4.74 Å². The van der Waals surface area contributed by atoms with Crippen LogP contribution >= 0.6 is 0 Å². The lowest BCUT2D eigenvalue weighted by Crippen LogP contribution is -2.40. The Morgan fingerprint density at radius 2 is 1.58 bits per heavy atom. The fraction of sp³-hybridized carbons (Fsp3) is 0.519. The molecular weight excluding hydrogens is 382 g/mol. The molecule has 1 aromatic carbocycles. The number of ether oxygens (including phenoxy) is 1. The molecule has 0 saturated carbocycles.